The molecule has 2 rings (SSSR count). The number of ether oxygens (including phenoxy) is 1. The van der Waals surface area contributed by atoms with Gasteiger partial charge in [0.25, 0.3) is 5.56 Å². The zero-order valence-corrected chi connectivity index (χ0v) is 17.1. The third kappa shape index (κ3) is 4.61. The zero-order valence-electron chi connectivity index (χ0n) is 17.1. The summed E-state index contributed by atoms with van der Waals surface area (Å²) < 4.78 is 18.6. The topological polar surface area (TPSA) is 100 Å². The van der Waals surface area contributed by atoms with Crippen LogP contribution in [0.15, 0.2) is 33.8 Å². The second kappa shape index (κ2) is 7.88. The number of rotatable bonds is 6. The van der Waals surface area contributed by atoms with E-state index in [0.717, 1.165) is 5.70 Å². The van der Waals surface area contributed by atoms with Crippen LogP contribution in [0.2, 0.25) is 0 Å². The van der Waals surface area contributed by atoms with E-state index in [1.165, 1.54) is 4.57 Å². The first kappa shape index (κ1) is 21.2. The first-order valence-corrected chi connectivity index (χ1v) is 8.78. The third-order valence-electron chi connectivity index (χ3n) is 4.90. The molecule has 27 heavy (non-hydrogen) atoms. The van der Waals surface area contributed by atoms with Gasteiger partial charge in [-0.05, 0) is 33.8 Å². The number of methoxy groups -OCH3 is 1. The molecule has 0 atom stereocenters. The number of aryl methyl sites for hydroxylation is 1. The molecule has 1 aromatic heterocycles. The van der Waals surface area contributed by atoms with E-state index < -0.39 is 18.3 Å². The molecule has 0 bridgehead atoms. The normalized spacial score (nSPS) is 19.4. The average Bonchev–Trinajstić information content (AvgIpc) is 2.79. The number of hydrogen-bond acceptors (Lipinski definition) is 6. The molecule has 2 heterocycles. The molecule has 1 aliphatic heterocycles. The van der Waals surface area contributed by atoms with Crippen LogP contribution in [0.3, 0.4) is 0 Å². The zero-order chi connectivity index (χ0) is 20.4. The van der Waals surface area contributed by atoms with Gasteiger partial charge in [0.1, 0.15) is 11.5 Å². The predicted octanol–water partition coefficient (Wildman–Crippen LogP) is 0.423. The number of nitrogens with zero attached hydrogens (tertiary/aromatic N) is 2. The number of aromatic nitrogens is 1. The van der Waals surface area contributed by atoms with Crippen LogP contribution in [0.1, 0.15) is 27.7 Å². The minimum absolute atomic E-state index is 0.194. The van der Waals surface area contributed by atoms with E-state index in [4.69, 9.17) is 19.8 Å². The van der Waals surface area contributed by atoms with Crippen LogP contribution < -0.4 is 22.1 Å². The molecule has 9 heteroatoms. The number of pyridine rings is 1. The summed E-state index contributed by atoms with van der Waals surface area (Å²) in [6.07, 6.45) is 3.32. The summed E-state index contributed by atoms with van der Waals surface area (Å²) in [5.74, 6) is 0.194. The standard InChI is InChI=1S/C18H29BN4O4/c1-17(2)18(3,4)27-19(26-17)12-8-14(16(24)23(6)10-12)22-15(20)9-13(21-5)11-25-7/h8-10,21H,11H2,1-7H3,(H2,20,22)/b13-9-. The Morgan fingerprint density at radius 2 is 1.96 bits per heavy atom. The maximum absolute atomic E-state index is 12.5. The van der Waals surface area contributed by atoms with E-state index in [1.807, 2.05) is 27.7 Å². The Bertz CT molecular complexity index is 798. The van der Waals surface area contributed by atoms with Crippen LogP contribution in [0, 0.1) is 0 Å². The molecule has 0 aromatic carbocycles. The van der Waals surface area contributed by atoms with Crippen molar-refractivity contribution in [3.05, 3.63) is 34.4 Å². The number of amidine groups is 1. The second-order valence-electron chi connectivity index (χ2n) is 7.55. The summed E-state index contributed by atoms with van der Waals surface area (Å²) in [5, 5.41) is 2.97. The number of hydrogen-bond donors (Lipinski definition) is 2. The number of nitrogens with one attached hydrogen (secondary N) is 1. The van der Waals surface area contributed by atoms with E-state index in [2.05, 4.69) is 10.3 Å². The van der Waals surface area contributed by atoms with Crippen molar-refractivity contribution in [3.8, 4) is 0 Å². The molecule has 1 aliphatic rings. The quantitative estimate of drug-likeness (QED) is 0.424. The number of aliphatic imine (C=N–C) groups is 1. The first-order chi connectivity index (χ1) is 12.5. The summed E-state index contributed by atoms with van der Waals surface area (Å²) >= 11 is 0. The van der Waals surface area contributed by atoms with Gasteiger partial charge in [0, 0.05) is 44.6 Å². The van der Waals surface area contributed by atoms with E-state index in [0.29, 0.717) is 12.1 Å². The van der Waals surface area contributed by atoms with Gasteiger partial charge in [0.05, 0.1) is 17.8 Å². The number of nitrogens with two attached hydrogens (primary N) is 1. The lowest BCUT2D eigenvalue weighted by Crippen LogP contribution is -2.41. The van der Waals surface area contributed by atoms with Gasteiger partial charge in [-0.2, -0.15) is 0 Å². The summed E-state index contributed by atoms with van der Waals surface area (Å²) in [5.41, 5.74) is 6.45. The Balaban J connectivity index is 2.40. The molecule has 3 N–H and O–H groups in total. The molecule has 148 valence electrons. The molecule has 0 amide bonds. The molecule has 1 fully saturated rings. The summed E-state index contributed by atoms with van der Waals surface area (Å²) in [7, 11) is 4.42. The Hall–Kier alpha value is -2.10. The largest absolute Gasteiger partial charge is 0.496 e. The van der Waals surface area contributed by atoms with Gasteiger partial charge in [-0.25, -0.2) is 4.99 Å². The highest BCUT2D eigenvalue weighted by molar-refractivity contribution is 6.62. The summed E-state index contributed by atoms with van der Waals surface area (Å²) in [6, 6.07) is 1.65. The minimum Gasteiger partial charge on any atom is -0.399 e. The van der Waals surface area contributed by atoms with Crippen molar-refractivity contribution in [1.82, 2.24) is 9.88 Å². The molecule has 1 saturated heterocycles. The van der Waals surface area contributed by atoms with Crippen molar-refractivity contribution >= 4 is 24.1 Å². The van der Waals surface area contributed by atoms with Crippen LogP contribution in [-0.4, -0.2) is 49.5 Å². The van der Waals surface area contributed by atoms with Crippen molar-refractivity contribution < 1.29 is 14.0 Å². The van der Waals surface area contributed by atoms with Crippen LogP contribution in [0.4, 0.5) is 5.69 Å². The lowest BCUT2D eigenvalue weighted by atomic mass is 9.80. The molecule has 0 aliphatic carbocycles. The van der Waals surface area contributed by atoms with E-state index in [1.54, 1.807) is 39.5 Å². The Labute approximate surface area is 160 Å². The SMILES string of the molecule is CN/C(=C\C(N)=Nc1cc(B2OC(C)(C)C(C)(C)O2)cn(C)c1=O)COC. The van der Waals surface area contributed by atoms with Crippen molar-refractivity contribution in [2.45, 2.75) is 38.9 Å². The van der Waals surface area contributed by atoms with Crippen LogP contribution in [0.25, 0.3) is 0 Å². The highest BCUT2D eigenvalue weighted by Gasteiger charge is 2.51. The fraction of sp³-hybridized carbons (Fsp3) is 0.556. The lowest BCUT2D eigenvalue weighted by Gasteiger charge is -2.32. The van der Waals surface area contributed by atoms with Crippen LogP contribution >= 0.6 is 0 Å². The van der Waals surface area contributed by atoms with Gasteiger partial charge in [-0.1, -0.05) is 0 Å². The minimum atomic E-state index is -0.589. The van der Waals surface area contributed by atoms with Gasteiger partial charge in [0.2, 0.25) is 0 Å². The monoisotopic (exact) mass is 376 g/mol. The smallest absolute Gasteiger partial charge is 0.399 e. The van der Waals surface area contributed by atoms with Gasteiger partial charge in [0.15, 0.2) is 0 Å². The predicted molar refractivity (Wildman–Crippen MR) is 108 cm³/mol. The van der Waals surface area contributed by atoms with Crippen molar-refractivity contribution in [2.75, 3.05) is 20.8 Å². The molecular weight excluding hydrogens is 347 g/mol. The highest BCUT2D eigenvalue weighted by atomic mass is 16.7. The van der Waals surface area contributed by atoms with E-state index in [-0.39, 0.29) is 17.1 Å². The number of likely N-dealkylation sites (N-methyl/N-ethyl adjacent to an activating group) is 1. The van der Waals surface area contributed by atoms with Crippen molar-refractivity contribution in [1.29, 1.82) is 0 Å². The van der Waals surface area contributed by atoms with Crippen LogP contribution in [-0.2, 0) is 21.1 Å². The molecule has 0 radical (unpaired) electrons. The van der Waals surface area contributed by atoms with Crippen molar-refractivity contribution in [2.24, 2.45) is 17.8 Å². The molecular formula is C18H29BN4O4. The van der Waals surface area contributed by atoms with E-state index in [9.17, 15) is 4.79 Å². The molecule has 0 saturated carbocycles. The fourth-order valence-electron chi connectivity index (χ4n) is 2.60. The molecule has 1 aromatic rings. The molecule has 0 spiro atoms. The third-order valence-corrected chi connectivity index (χ3v) is 4.90. The second-order valence-corrected chi connectivity index (χ2v) is 7.55. The Morgan fingerprint density at radius 1 is 1.37 bits per heavy atom. The van der Waals surface area contributed by atoms with Gasteiger partial charge < -0.3 is 29.7 Å². The van der Waals surface area contributed by atoms with Gasteiger partial charge in [-0.3, -0.25) is 4.79 Å². The average molecular weight is 376 g/mol. The Morgan fingerprint density at radius 3 is 2.48 bits per heavy atom. The van der Waals surface area contributed by atoms with E-state index >= 15 is 0 Å². The van der Waals surface area contributed by atoms with Gasteiger partial charge in [-0.15, -0.1) is 0 Å². The fourth-order valence-corrected chi connectivity index (χ4v) is 2.60. The Kier molecular flexibility index (Phi) is 6.19. The van der Waals surface area contributed by atoms with Gasteiger partial charge >= 0.3 is 7.12 Å². The highest BCUT2D eigenvalue weighted by Crippen LogP contribution is 2.36. The summed E-state index contributed by atoms with van der Waals surface area (Å²) in [4.78, 5) is 16.7. The maximum Gasteiger partial charge on any atom is 0.496 e. The lowest BCUT2D eigenvalue weighted by molar-refractivity contribution is 0.00578. The maximum atomic E-state index is 12.5. The summed E-state index contributed by atoms with van der Waals surface area (Å²) in [6.45, 7) is 8.27. The first-order valence-electron chi connectivity index (χ1n) is 8.78. The molecule has 0 unspecified atom stereocenters. The van der Waals surface area contributed by atoms with Crippen molar-refractivity contribution in [3.63, 3.8) is 0 Å². The molecule has 8 nitrogen and oxygen atoms in total. The van der Waals surface area contributed by atoms with Crippen LogP contribution in [0.5, 0.6) is 0 Å².